The van der Waals surface area contributed by atoms with Crippen LogP contribution >= 0.6 is 0 Å². The van der Waals surface area contributed by atoms with E-state index in [1.807, 2.05) is 0 Å². The highest BCUT2D eigenvalue weighted by Gasteiger charge is 2.23. The third-order valence-electron chi connectivity index (χ3n) is 3.55. The topological polar surface area (TPSA) is 73.6 Å². The zero-order chi connectivity index (χ0) is 14.8. The largest absolute Gasteiger partial charge is 0.497 e. The first kappa shape index (κ1) is 13.5. The number of carbonyl (C=O) groups is 1. The maximum absolute atomic E-state index is 12.3. The summed E-state index contributed by atoms with van der Waals surface area (Å²) in [6.45, 7) is 0. The summed E-state index contributed by atoms with van der Waals surface area (Å²) in [5, 5.41) is 6.73. The van der Waals surface area contributed by atoms with Gasteiger partial charge in [0.05, 0.1) is 19.9 Å². The number of aromatic nitrogens is 1. The molecule has 1 N–H and O–H groups in total. The van der Waals surface area contributed by atoms with Crippen LogP contribution in [0.1, 0.15) is 28.0 Å². The van der Waals surface area contributed by atoms with Crippen molar-refractivity contribution in [3.63, 3.8) is 0 Å². The van der Waals surface area contributed by atoms with Gasteiger partial charge in [-0.25, -0.2) is 0 Å². The summed E-state index contributed by atoms with van der Waals surface area (Å²) in [4.78, 5) is 12.3. The van der Waals surface area contributed by atoms with Crippen LogP contribution in [0.25, 0.3) is 0 Å². The third-order valence-corrected chi connectivity index (χ3v) is 3.55. The Balaban J connectivity index is 1.84. The summed E-state index contributed by atoms with van der Waals surface area (Å²) < 4.78 is 15.5. The summed E-state index contributed by atoms with van der Waals surface area (Å²) in [5.41, 5.74) is 2.38. The number of rotatable bonds is 4. The molecule has 2 aromatic rings. The lowest BCUT2D eigenvalue weighted by molar-refractivity contribution is 0.102. The van der Waals surface area contributed by atoms with Gasteiger partial charge >= 0.3 is 0 Å². The number of hydrogen-bond donors (Lipinski definition) is 1. The molecule has 0 atom stereocenters. The minimum absolute atomic E-state index is 0.280. The van der Waals surface area contributed by atoms with Crippen LogP contribution < -0.4 is 14.8 Å². The highest BCUT2D eigenvalue weighted by atomic mass is 16.5. The molecule has 6 heteroatoms. The molecule has 3 rings (SSSR count). The molecule has 1 amide bonds. The van der Waals surface area contributed by atoms with E-state index >= 15 is 0 Å². The Labute approximate surface area is 122 Å². The first-order chi connectivity index (χ1) is 10.2. The molecular formula is C15H16N2O4. The van der Waals surface area contributed by atoms with Gasteiger partial charge < -0.3 is 14.0 Å². The normalized spacial score (nSPS) is 12.9. The smallest absolute Gasteiger partial charge is 0.258 e. The fraction of sp³-hybridized carbons (Fsp3) is 0.333. The SMILES string of the molecule is COc1cc(OC)cc(C(=O)Nc2onc3c2CCC3)c1. The van der Waals surface area contributed by atoms with E-state index in [1.54, 1.807) is 32.4 Å². The molecule has 0 saturated heterocycles. The molecule has 21 heavy (non-hydrogen) atoms. The summed E-state index contributed by atoms with van der Waals surface area (Å²) in [6, 6.07) is 5.01. The number of hydrogen-bond acceptors (Lipinski definition) is 5. The van der Waals surface area contributed by atoms with E-state index in [0.717, 1.165) is 30.5 Å². The highest BCUT2D eigenvalue weighted by molar-refractivity contribution is 6.04. The van der Waals surface area contributed by atoms with E-state index in [2.05, 4.69) is 10.5 Å². The van der Waals surface area contributed by atoms with Crippen LogP contribution in [0.2, 0.25) is 0 Å². The predicted octanol–water partition coefficient (Wildman–Crippen LogP) is 2.43. The standard InChI is InChI=1S/C15H16N2O4/c1-19-10-6-9(7-11(8-10)20-2)14(18)16-15-12-4-3-5-13(12)17-21-15/h6-8H,3-5H2,1-2H3,(H,16,18). The summed E-state index contributed by atoms with van der Waals surface area (Å²) >= 11 is 0. The molecule has 0 bridgehead atoms. The molecule has 0 spiro atoms. The second-order valence-electron chi connectivity index (χ2n) is 4.85. The molecule has 0 aliphatic heterocycles. The predicted molar refractivity (Wildman–Crippen MR) is 76.0 cm³/mol. The summed E-state index contributed by atoms with van der Waals surface area (Å²) in [6.07, 6.45) is 2.83. The number of methoxy groups -OCH3 is 2. The van der Waals surface area contributed by atoms with E-state index in [0.29, 0.717) is 22.9 Å². The van der Waals surface area contributed by atoms with Gasteiger partial charge in [-0.05, 0) is 31.4 Å². The van der Waals surface area contributed by atoms with E-state index < -0.39 is 0 Å². The number of nitrogens with one attached hydrogen (secondary N) is 1. The van der Waals surface area contributed by atoms with Gasteiger partial charge in [0.2, 0.25) is 5.88 Å². The van der Waals surface area contributed by atoms with Gasteiger partial charge in [0.15, 0.2) is 0 Å². The Bertz CT molecular complexity index is 656. The van der Waals surface area contributed by atoms with E-state index in [1.165, 1.54) is 0 Å². The number of fused-ring (bicyclic) bond motifs is 1. The number of anilines is 1. The number of nitrogens with zero attached hydrogens (tertiary/aromatic N) is 1. The average molecular weight is 288 g/mol. The van der Waals surface area contributed by atoms with Crippen molar-refractivity contribution in [2.45, 2.75) is 19.3 Å². The number of benzene rings is 1. The Morgan fingerprint density at radius 1 is 1.19 bits per heavy atom. The molecule has 0 saturated carbocycles. The number of amides is 1. The number of ether oxygens (including phenoxy) is 2. The molecule has 6 nitrogen and oxygen atoms in total. The van der Waals surface area contributed by atoms with Gasteiger partial charge in [-0.15, -0.1) is 0 Å². The highest BCUT2D eigenvalue weighted by Crippen LogP contribution is 2.29. The molecule has 1 aromatic carbocycles. The Morgan fingerprint density at radius 3 is 2.57 bits per heavy atom. The Kier molecular flexibility index (Phi) is 3.51. The molecule has 0 radical (unpaired) electrons. The first-order valence-electron chi connectivity index (χ1n) is 6.73. The van der Waals surface area contributed by atoms with Crippen molar-refractivity contribution in [2.24, 2.45) is 0 Å². The fourth-order valence-corrected chi connectivity index (χ4v) is 2.44. The molecular weight excluding hydrogens is 272 g/mol. The fourth-order valence-electron chi connectivity index (χ4n) is 2.44. The van der Waals surface area contributed by atoms with Crippen molar-refractivity contribution < 1.29 is 18.8 Å². The van der Waals surface area contributed by atoms with Crippen LogP contribution in [-0.2, 0) is 12.8 Å². The number of aryl methyl sites for hydroxylation is 1. The van der Waals surface area contributed by atoms with Crippen molar-refractivity contribution in [3.05, 3.63) is 35.0 Å². The lowest BCUT2D eigenvalue weighted by Gasteiger charge is -2.08. The van der Waals surface area contributed by atoms with Crippen LogP contribution in [0.15, 0.2) is 22.7 Å². The quantitative estimate of drug-likeness (QED) is 0.935. The van der Waals surface area contributed by atoms with Gasteiger partial charge in [-0.2, -0.15) is 0 Å². The van der Waals surface area contributed by atoms with Crippen LogP contribution in [-0.4, -0.2) is 25.3 Å². The lowest BCUT2D eigenvalue weighted by Crippen LogP contribution is -2.12. The van der Waals surface area contributed by atoms with E-state index in [4.69, 9.17) is 14.0 Å². The molecule has 0 fully saturated rings. The van der Waals surface area contributed by atoms with Crippen molar-refractivity contribution in [1.82, 2.24) is 5.16 Å². The van der Waals surface area contributed by atoms with Gasteiger partial charge in [0.1, 0.15) is 11.5 Å². The molecule has 1 aliphatic carbocycles. The zero-order valence-electron chi connectivity index (χ0n) is 11.9. The van der Waals surface area contributed by atoms with Gasteiger partial charge in [-0.3, -0.25) is 10.1 Å². The van der Waals surface area contributed by atoms with Crippen molar-refractivity contribution >= 4 is 11.8 Å². The molecule has 110 valence electrons. The van der Waals surface area contributed by atoms with Crippen molar-refractivity contribution in [2.75, 3.05) is 19.5 Å². The van der Waals surface area contributed by atoms with Crippen LogP contribution in [0.4, 0.5) is 5.88 Å². The Hall–Kier alpha value is -2.50. The van der Waals surface area contributed by atoms with Gasteiger partial charge in [0, 0.05) is 17.2 Å². The lowest BCUT2D eigenvalue weighted by atomic mass is 10.2. The molecule has 0 unspecified atom stereocenters. The zero-order valence-corrected chi connectivity index (χ0v) is 11.9. The average Bonchev–Trinajstić information content (AvgIpc) is 3.11. The second kappa shape index (κ2) is 5.47. The Morgan fingerprint density at radius 2 is 1.90 bits per heavy atom. The molecule has 1 aliphatic rings. The van der Waals surface area contributed by atoms with Crippen molar-refractivity contribution in [3.8, 4) is 11.5 Å². The van der Waals surface area contributed by atoms with Gasteiger partial charge in [-0.1, -0.05) is 5.16 Å². The number of carbonyl (C=O) groups excluding carboxylic acids is 1. The third kappa shape index (κ3) is 2.56. The van der Waals surface area contributed by atoms with E-state index in [-0.39, 0.29) is 5.91 Å². The van der Waals surface area contributed by atoms with Gasteiger partial charge in [0.25, 0.3) is 5.91 Å². The van der Waals surface area contributed by atoms with Crippen LogP contribution in [0.3, 0.4) is 0 Å². The molecule has 1 heterocycles. The van der Waals surface area contributed by atoms with E-state index in [9.17, 15) is 4.79 Å². The molecule has 1 aromatic heterocycles. The summed E-state index contributed by atoms with van der Waals surface area (Å²) in [7, 11) is 3.08. The summed E-state index contributed by atoms with van der Waals surface area (Å²) in [5.74, 6) is 1.27. The van der Waals surface area contributed by atoms with Crippen molar-refractivity contribution in [1.29, 1.82) is 0 Å². The maximum atomic E-state index is 12.3. The minimum atomic E-state index is -0.280. The monoisotopic (exact) mass is 288 g/mol. The minimum Gasteiger partial charge on any atom is -0.497 e. The van der Waals surface area contributed by atoms with Crippen LogP contribution in [0.5, 0.6) is 11.5 Å². The second-order valence-corrected chi connectivity index (χ2v) is 4.85. The first-order valence-corrected chi connectivity index (χ1v) is 6.73. The van der Waals surface area contributed by atoms with Crippen LogP contribution in [0, 0.1) is 0 Å². The maximum Gasteiger partial charge on any atom is 0.258 e.